The van der Waals surface area contributed by atoms with Crippen molar-refractivity contribution in [2.75, 3.05) is 6.54 Å². The second-order valence-corrected chi connectivity index (χ2v) is 6.93. The zero-order valence-corrected chi connectivity index (χ0v) is 14.1. The Morgan fingerprint density at radius 3 is 2.04 bits per heavy atom. The molecule has 2 aromatic carbocycles. The first kappa shape index (κ1) is 16.2. The molecule has 2 nitrogen and oxygen atoms in total. The lowest BCUT2D eigenvalue weighted by molar-refractivity contribution is 0.000170. The molecule has 1 aliphatic rings. The molecule has 0 radical (unpaired) electrons. The standard InChI is InChI=1S/C21H27NO/c1-16-13-14-22(17(2)15-16)20(18-9-5-3-6-10-18)21(23)19-11-7-4-8-12-19/h3-12,16-17,20-21,23H,13-15H2,1-2H3. The minimum atomic E-state index is -0.505. The summed E-state index contributed by atoms with van der Waals surface area (Å²) in [7, 11) is 0. The van der Waals surface area contributed by atoms with Gasteiger partial charge in [0.2, 0.25) is 0 Å². The Labute approximate surface area is 139 Å². The van der Waals surface area contributed by atoms with Crippen molar-refractivity contribution in [3.8, 4) is 0 Å². The van der Waals surface area contributed by atoms with E-state index in [0.717, 1.165) is 18.0 Å². The van der Waals surface area contributed by atoms with Crippen molar-refractivity contribution >= 4 is 0 Å². The predicted molar refractivity (Wildman–Crippen MR) is 95.2 cm³/mol. The summed E-state index contributed by atoms with van der Waals surface area (Å²) in [4.78, 5) is 2.49. The van der Waals surface area contributed by atoms with Crippen LogP contribution in [0.15, 0.2) is 60.7 Å². The minimum absolute atomic E-state index is 0.0149. The van der Waals surface area contributed by atoms with Gasteiger partial charge in [0.1, 0.15) is 0 Å². The molecule has 1 N–H and O–H groups in total. The van der Waals surface area contributed by atoms with Gasteiger partial charge in [0.25, 0.3) is 0 Å². The summed E-state index contributed by atoms with van der Waals surface area (Å²) in [5.74, 6) is 0.770. The quantitative estimate of drug-likeness (QED) is 0.893. The van der Waals surface area contributed by atoms with Crippen LogP contribution in [0.5, 0.6) is 0 Å². The van der Waals surface area contributed by atoms with Gasteiger partial charge in [0.15, 0.2) is 0 Å². The van der Waals surface area contributed by atoms with E-state index >= 15 is 0 Å². The van der Waals surface area contributed by atoms with E-state index in [1.54, 1.807) is 0 Å². The fourth-order valence-electron chi connectivity index (χ4n) is 3.88. The highest BCUT2D eigenvalue weighted by molar-refractivity contribution is 5.26. The molecule has 0 bridgehead atoms. The van der Waals surface area contributed by atoms with Gasteiger partial charge in [-0.15, -0.1) is 0 Å². The fraction of sp³-hybridized carbons (Fsp3) is 0.429. The van der Waals surface area contributed by atoms with Crippen molar-refractivity contribution in [2.45, 2.75) is 44.9 Å². The van der Waals surface area contributed by atoms with E-state index in [0.29, 0.717) is 6.04 Å². The average Bonchev–Trinajstić information content (AvgIpc) is 2.59. The summed E-state index contributed by atoms with van der Waals surface area (Å²) in [6.07, 6.45) is 1.90. The Hall–Kier alpha value is -1.64. The second-order valence-electron chi connectivity index (χ2n) is 6.93. The molecule has 122 valence electrons. The number of piperidine rings is 1. The van der Waals surface area contributed by atoms with Crippen LogP contribution in [-0.4, -0.2) is 22.6 Å². The van der Waals surface area contributed by atoms with Crippen LogP contribution in [0.1, 0.15) is 50.0 Å². The molecule has 1 fully saturated rings. The van der Waals surface area contributed by atoms with Crippen molar-refractivity contribution < 1.29 is 5.11 Å². The fourth-order valence-corrected chi connectivity index (χ4v) is 3.88. The number of rotatable bonds is 4. The molecule has 0 aromatic heterocycles. The lowest BCUT2D eigenvalue weighted by atomic mass is 9.87. The van der Waals surface area contributed by atoms with Gasteiger partial charge in [-0.05, 0) is 43.4 Å². The zero-order chi connectivity index (χ0) is 16.2. The molecule has 1 heterocycles. The monoisotopic (exact) mass is 309 g/mol. The zero-order valence-electron chi connectivity index (χ0n) is 14.1. The van der Waals surface area contributed by atoms with E-state index in [1.807, 2.05) is 36.4 Å². The maximum atomic E-state index is 11.1. The molecular weight excluding hydrogens is 282 g/mol. The SMILES string of the molecule is CC1CCN(C(c2ccccc2)C(O)c2ccccc2)C(C)C1. The molecular formula is C21H27NO. The molecule has 0 spiro atoms. The summed E-state index contributed by atoms with van der Waals surface area (Å²) in [6.45, 7) is 5.67. The number of hydrogen-bond donors (Lipinski definition) is 1. The Morgan fingerprint density at radius 1 is 0.913 bits per heavy atom. The molecule has 23 heavy (non-hydrogen) atoms. The topological polar surface area (TPSA) is 23.5 Å². The van der Waals surface area contributed by atoms with Crippen molar-refractivity contribution in [2.24, 2.45) is 5.92 Å². The lowest BCUT2D eigenvalue weighted by Gasteiger charge is -2.43. The number of hydrogen-bond acceptors (Lipinski definition) is 2. The summed E-state index contributed by atoms with van der Waals surface area (Å²) >= 11 is 0. The van der Waals surface area contributed by atoms with E-state index in [4.69, 9.17) is 0 Å². The van der Waals surface area contributed by atoms with Gasteiger partial charge in [-0.2, -0.15) is 0 Å². The van der Waals surface area contributed by atoms with Crippen molar-refractivity contribution in [3.05, 3.63) is 71.8 Å². The van der Waals surface area contributed by atoms with E-state index in [2.05, 4.69) is 43.0 Å². The molecule has 4 unspecified atom stereocenters. The Bertz CT molecular complexity index is 598. The molecule has 3 rings (SSSR count). The Balaban J connectivity index is 1.94. The summed E-state index contributed by atoms with van der Waals surface area (Å²) < 4.78 is 0. The van der Waals surface area contributed by atoms with Crippen LogP contribution in [-0.2, 0) is 0 Å². The van der Waals surface area contributed by atoms with Crippen molar-refractivity contribution in [1.82, 2.24) is 4.90 Å². The van der Waals surface area contributed by atoms with Crippen LogP contribution in [0.25, 0.3) is 0 Å². The van der Waals surface area contributed by atoms with E-state index < -0.39 is 6.10 Å². The highest BCUT2D eigenvalue weighted by atomic mass is 16.3. The maximum Gasteiger partial charge on any atom is 0.0986 e. The van der Waals surface area contributed by atoms with Gasteiger partial charge in [-0.1, -0.05) is 67.6 Å². The average molecular weight is 309 g/mol. The number of likely N-dealkylation sites (tertiary alicyclic amines) is 1. The van der Waals surface area contributed by atoms with Crippen LogP contribution in [0.3, 0.4) is 0 Å². The number of benzene rings is 2. The largest absolute Gasteiger partial charge is 0.386 e. The molecule has 0 saturated carbocycles. The Kier molecular flexibility index (Phi) is 5.14. The first-order chi connectivity index (χ1) is 11.2. The van der Waals surface area contributed by atoms with Gasteiger partial charge in [-0.3, -0.25) is 4.90 Å². The first-order valence-electron chi connectivity index (χ1n) is 8.70. The highest BCUT2D eigenvalue weighted by Gasteiger charge is 2.34. The van der Waals surface area contributed by atoms with Crippen LogP contribution < -0.4 is 0 Å². The number of aliphatic hydroxyl groups excluding tert-OH is 1. The molecule has 4 atom stereocenters. The normalized spacial score (nSPS) is 25.0. The predicted octanol–water partition coefficient (Wildman–Crippen LogP) is 4.58. The van der Waals surface area contributed by atoms with E-state index in [9.17, 15) is 5.11 Å². The highest BCUT2D eigenvalue weighted by Crippen LogP contribution is 2.38. The van der Waals surface area contributed by atoms with Gasteiger partial charge < -0.3 is 5.11 Å². The maximum absolute atomic E-state index is 11.1. The van der Waals surface area contributed by atoms with Crippen LogP contribution >= 0.6 is 0 Å². The van der Waals surface area contributed by atoms with Crippen LogP contribution in [0.4, 0.5) is 0 Å². The van der Waals surface area contributed by atoms with Crippen LogP contribution in [0, 0.1) is 5.92 Å². The second kappa shape index (κ2) is 7.29. The van der Waals surface area contributed by atoms with E-state index in [-0.39, 0.29) is 6.04 Å². The van der Waals surface area contributed by atoms with Crippen LogP contribution in [0.2, 0.25) is 0 Å². The van der Waals surface area contributed by atoms with Crippen molar-refractivity contribution in [1.29, 1.82) is 0 Å². The van der Waals surface area contributed by atoms with Gasteiger partial charge in [0, 0.05) is 6.04 Å². The van der Waals surface area contributed by atoms with Gasteiger partial charge in [0.05, 0.1) is 12.1 Å². The molecule has 0 aliphatic carbocycles. The third-order valence-electron chi connectivity index (χ3n) is 5.13. The third kappa shape index (κ3) is 3.65. The molecule has 2 heteroatoms. The summed E-state index contributed by atoms with van der Waals surface area (Å²) in [5.41, 5.74) is 2.19. The van der Waals surface area contributed by atoms with Gasteiger partial charge in [-0.25, -0.2) is 0 Å². The lowest BCUT2D eigenvalue weighted by Crippen LogP contribution is -2.44. The first-order valence-corrected chi connectivity index (χ1v) is 8.70. The summed E-state index contributed by atoms with van der Waals surface area (Å²) in [6, 6.07) is 21.0. The van der Waals surface area contributed by atoms with Gasteiger partial charge >= 0.3 is 0 Å². The number of aliphatic hydroxyl groups is 1. The molecule has 0 amide bonds. The third-order valence-corrected chi connectivity index (χ3v) is 5.13. The molecule has 2 aromatic rings. The minimum Gasteiger partial charge on any atom is -0.386 e. The van der Waals surface area contributed by atoms with Crippen molar-refractivity contribution in [3.63, 3.8) is 0 Å². The summed E-state index contributed by atoms with van der Waals surface area (Å²) in [5, 5.41) is 11.1. The number of nitrogens with zero attached hydrogens (tertiary/aromatic N) is 1. The molecule has 1 aliphatic heterocycles. The smallest absolute Gasteiger partial charge is 0.0986 e. The molecule has 1 saturated heterocycles. The Morgan fingerprint density at radius 2 is 1.48 bits per heavy atom. The van der Waals surface area contributed by atoms with E-state index in [1.165, 1.54) is 18.4 Å².